The van der Waals surface area contributed by atoms with Crippen LogP contribution >= 0.6 is 11.8 Å². The van der Waals surface area contributed by atoms with E-state index in [1.54, 1.807) is 11.8 Å². The summed E-state index contributed by atoms with van der Waals surface area (Å²) in [4.78, 5) is 11.6. The second-order valence-corrected chi connectivity index (χ2v) is 4.63. The van der Waals surface area contributed by atoms with Crippen LogP contribution in [0.15, 0.2) is 23.8 Å². The van der Waals surface area contributed by atoms with Crippen LogP contribution < -0.4 is 0 Å². The Balaban J connectivity index is 2.10. The molecule has 0 aromatic rings. The fourth-order valence-electron chi connectivity index (χ4n) is 1.89. The van der Waals surface area contributed by atoms with E-state index in [-0.39, 0.29) is 11.2 Å². The molecular formula is C11H14O2S. The van der Waals surface area contributed by atoms with Crippen molar-refractivity contribution in [2.45, 2.75) is 18.6 Å². The number of carbonyl (C=O) groups excluding carboxylic acids is 1. The zero-order valence-corrected chi connectivity index (χ0v) is 9.05. The maximum absolute atomic E-state index is 11.6. The number of ether oxygens (including phenoxy) is 1. The molecule has 76 valence electrons. The Morgan fingerprint density at radius 2 is 2.57 bits per heavy atom. The average Bonchev–Trinajstić information content (AvgIpc) is 2.61. The van der Waals surface area contributed by atoms with E-state index in [1.807, 2.05) is 13.0 Å². The van der Waals surface area contributed by atoms with Crippen molar-refractivity contribution in [1.29, 1.82) is 0 Å². The van der Waals surface area contributed by atoms with Crippen molar-refractivity contribution in [3.63, 3.8) is 0 Å². The largest absolute Gasteiger partial charge is 0.465 e. The lowest BCUT2D eigenvalue weighted by atomic mass is 9.91. The molecule has 0 amide bonds. The molecule has 0 radical (unpaired) electrons. The second kappa shape index (κ2) is 4.22. The van der Waals surface area contributed by atoms with E-state index < -0.39 is 0 Å². The molecular weight excluding hydrogens is 196 g/mol. The van der Waals surface area contributed by atoms with Gasteiger partial charge in [-0.1, -0.05) is 18.2 Å². The molecule has 0 aromatic heterocycles. The lowest BCUT2D eigenvalue weighted by Crippen LogP contribution is -2.21. The minimum Gasteiger partial charge on any atom is -0.465 e. The van der Waals surface area contributed by atoms with Crippen LogP contribution in [0.3, 0.4) is 0 Å². The summed E-state index contributed by atoms with van der Waals surface area (Å²) in [5, 5.41) is -0.0371. The maximum Gasteiger partial charge on any atom is 0.323 e. The maximum atomic E-state index is 11.6. The third-order valence-electron chi connectivity index (χ3n) is 2.58. The normalized spacial score (nSPS) is 29.6. The van der Waals surface area contributed by atoms with Crippen molar-refractivity contribution in [3.8, 4) is 0 Å². The van der Waals surface area contributed by atoms with Gasteiger partial charge in [-0.25, -0.2) is 0 Å². The summed E-state index contributed by atoms with van der Waals surface area (Å²) in [6.07, 6.45) is 7.37. The zero-order valence-electron chi connectivity index (χ0n) is 8.23. The van der Waals surface area contributed by atoms with Crippen LogP contribution in [0.5, 0.6) is 0 Å². The Morgan fingerprint density at radius 3 is 3.36 bits per heavy atom. The smallest absolute Gasteiger partial charge is 0.323 e. The molecule has 14 heavy (non-hydrogen) atoms. The van der Waals surface area contributed by atoms with E-state index in [9.17, 15) is 4.79 Å². The number of esters is 1. The molecule has 2 atom stereocenters. The number of carbonyl (C=O) groups is 1. The van der Waals surface area contributed by atoms with Gasteiger partial charge < -0.3 is 4.74 Å². The highest BCUT2D eigenvalue weighted by Gasteiger charge is 2.36. The molecule has 0 aromatic carbocycles. The van der Waals surface area contributed by atoms with Crippen molar-refractivity contribution in [3.05, 3.63) is 23.8 Å². The van der Waals surface area contributed by atoms with Gasteiger partial charge in [0, 0.05) is 5.75 Å². The van der Waals surface area contributed by atoms with Gasteiger partial charge >= 0.3 is 5.97 Å². The van der Waals surface area contributed by atoms with Crippen LogP contribution in [-0.4, -0.2) is 23.6 Å². The van der Waals surface area contributed by atoms with Crippen molar-refractivity contribution >= 4 is 17.7 Å². The molecule has 1 heterocycles. The molecule has 1 saturated heterocycles. The highest BCUT2D eigenvalue weighted by Crippen LogP contribution is 2.40. The summed E-state index contributed by atoms with van der Waals surface area (Å²) in [7, 11) is 0. The first-order chi connectivity index (χ1) is 6.83. The van der Waals surface area contributed by atoms with Gasteiger partial charge in [0.25, 0.3) is 0 Å². The van der Waals surface area contributed by atoms with Crippen LogP contribution in [0, 0.1) is 5.92 Å². The number of hydrogen-bond donors (Lipinski definition) is 0. The van der Waals surface area contributed by atoms with Gasteiger partial charge in [-0.3, -0.25) is 4.79 Å². The molecule has 1 aliphatic carbocycles. The summed E-state index contributed by atoms with van der Waals surface area (Å²) in [6.45, 7) is 2.33. The van der Waals surface area contributed by atoms with Gasteiger partial charge in [0.15, 0.2) is 0 Å². The standard InChI is InChI=1S/C11H14O2S/c1-2-13-11(12)10-9-6-4-3-5-8(9)7-14-10/h3-4,6,8,10H,2,5,7H2,1H3. The monoisotopic (exact) mass is 210 g/mol. The fraction of sp³-hybridized carbons (Fsp3) is 0.545. The average molecular weight is 210 g/mol. The lowest BCUT2D eigenvalue weighted by Gasteiger charge is -2.15. The molecule has 2 unspecified atom stereocenters. The van der Waals surface area contributed by atoms with Gasteiger partial charge in [-0.15, -0.1) is 11.8 Å². The van der Waals surface area contributed by atoms with Crippen LogP contribution in [0.2, 0.25) is 0 Å². The first kappa shape index (κ1) is 9.84. The summed E-state index contributed by atoms with van der Waals surface area (Å²) in [5.74, 6) is 1.56. The van der Waals surface area contributed by atoms with Crippen LogP contribution in [0.1, 0.15) is 13.3 Å². The van der Waals surface area contributed by atoms with E-state index in [2.05, 4.69) is 12.2 Å². The highest BCUT2D eigenvalue weighted by molar-refractivity contribution is 8.01. The third-order valence-corrected chi connectivity index (χ3v) is 3.98. The van der Waals surface area contributed by atoms with Gasteiger partial charge in [0.05, 0.1) is 6.61 Å². The topological polar surface area (TPSA) is 26.3 Å². The number of allylic oxidation sites excluding steroid dienone is 3. The molecule has 2 aliphatic rings. The second-order valence-electron chi connectivity index (χ2n) is 3.49. The minimum absolute atomic E-state index is 0.0371. The van der Waals surface area contributed by atoms with Gasteiger partial charge in [-0.05, 0) is 24.8 Å². The SMILES string of the molecule is CCOC(=O)C1SCC2CC=CC=C21. The summed E-state index contributed by atoms with van der Waals surface area (Å²) in [6, 6.07) is 0. The highest BCUT2D eigenvalue weighted by atomic mass is 32.2. The van der Waals surface area contributed by atoms with E-state index >= 15 is 0 Å². The fourth-order valence-corrected chi connectivity index (χ4v) is 3.31. The van der Waals surface area contributed by atoms with E-state index in [0.29, 0.717) is 12.5 Å². The number of rotatable bonds is 2. The molecule has 0 saturated carbocycles. The minimum atomic E-state index is -0.0680. The van der Waals surface area contributed by atoms with Crippen LogP contribution in [0.25, 0.3) is 0 Å². The molecule has 0 spiro atoms. The Hall–Kier alpha value is -0.700. The Bertz CT molecular complexity index is 294. The van der Waals surface area contributed by atoms with Crippen LogP contribution in [0.4, 0.5) is 0 Å². The number of thioether (sulfide) groups is 1. The predicted octanol–water partition coefficient (Wildman–Crippen LogP) is 2.17. The lowest BCUT2D eigenvalue weighted by molar-refractivity contribution is -0.141. The van der Waals surface area contributed by atoms with Crippen molar-refractivity contribution in [1.82, 2.24) is 0 Å². The molecule has 0 N–H and O–H groups in total. The molecule has 1 fully saturated rings. The molecule has 0 bridgehead atoms. The van der Waals surface area contributed by atoms with Crippen LogP contribution in [-0.2, 0) is 9.53 Å². The molecule has 2 rings (SSSR count). The molecule has 2 nitrogen and oxygen atoms in total. The molecule has 3 heteroatoms. The summed E-state index contributed by atoms with van der Waals surface area (Å²) >= 11 is 1.71. The van der Waals surface area contributed by atoms with Crippen molar-refractivity contribution < 1.29 is 9.53 Å². The van der Waals surface area contributed by atoms with Gasteiger partial charge in [-0.2, -0.15) is 0 Å². The Kier molecular flexibility index (Phi) is 2.96. The zero-order chi connectivity index (χ0) is 9.97. The first-order valence-electron chi connectivity index (χ1n) is 4.97. The quantitative estimate of drug-likeness (QED) is 0.653. The predicted molar refractivity (Wildman–Crippen MR) is 58.2 cm³/mol. The van der Waals surface area contributed by atoms with E-state index in [4.69, 9.17) is 4.74 Å². The van der Waals surface area contributed by atoms with E-state index in [1.165, 1.54) is 5.57 Å². The number of fused-ring (bicyclic) bond motifs is 1. The van der Waals surface area contributed by atoms with Crippen molar-refractivity contribution in [2.75, 3.05) is 12.4 Å². The summed E-state index contributed by atoms with van der Waals surface area (Å²) < 4.78 is 5.05. The van der Waals surface area contributed by atoms with E-state index in [0.717, 1.165) is 12.2 Å². The number of hydrogen-bond acceptors (Lipinski definition) is 3. The van der Waals surface area contributed by atoms with Gasteiger partial charge in [0.1, 0.15) is 5.25 Å². The molecule has 1 aliphatic heterocycles. The Morgan fingerprint density at radius 1 is 1.71 bits per heavy atom. The van der Waals surface area contributed by atoms with Gasteiger partial charge in [0.2, 0.25) is 0 Å². The Labute approximate surface area is 88.4 Å². The first-order valence-corrected chi connectivity index (χ1v) is 6.02. The summed E-state index contributed by atoms with van der Waals surface area (Å²) in [5.41, 5.74) is 1.26. The third kappa shape index (κ3) is 1.73. The van der Waals surface area contributed by atoms with Crippen molar-refractivity contribution in [2.24, 2.45) is 5.92 Å².